The van der Waals surface area contributed by atoms with Crippen LogP contribution in [0.15, 0.2) is 12.2 Å². The van der Waals surface area contributed by atoms with E-state index < -0.39 is 24.1 Å². The maximum absolute atomic E-state index is 11.0. The molecule has 0 spiro atoms. The minimum Gasteiger partial charge on any atom is -0.448 e. The van der Waals surface area contributed by atoms with E-state index >= 15 is 0 Å². The van der Waals surface area contributed by atoms with Crippen LogP contribution >= 0.6 is 0 Å². The zero-order valence-electron chi connectivity index (χ0n) is 10.8. The highest BCUT2D eigenvalue weighted by molar-refractivity contribution is 5.92. The van der Waals surface area contributed by atoms with Gasteiger partial charge in [0.05, 0.1) is 13.2 Å². The van der Waals surface area contributed by atoms with Crippen LogP contribution in [-0.4, -0.2) is 37.3 Å². The average molecular weight is 290 g/mol. The summed E-state index contributed by atoms with van der Waals surface area (Å²) in [5, 5.41) is 0. The minimum atomic E-state index is -1.05. The molecule has 0 aromatic rings. The number of rotatable bonds is 4. The first-order valence-corrected chi connectivity index (χ1v) is 5.44. The molecule has 0 unspecified atom stereocenters. The molecular weight excluding hydrogens is 276 g/mol. The highest BCUT2D eigenvalue weighted by atomic mass is 16.7. The first kappa shape index (κ1) is 17.2. The molecule has 2 N–H and O–H groups in total. The quantitative estimate of drug-likeness (QED) is 0.419. The lowest BCUT2D eigenvalue weighted by atomic mass is 10.5. The minimum absolute atomic E-state index is 0.102. The highest BCUT2D eigenvalue weighted by Crippen LogP contribution is 1.85. The van der Waals surface area contributed by atoms with E-state index in [2.05, 4.69) is 19.1 Å². The summed E-state index contributed by atoms with van der Waals surface area (Å²) in [5.41, 5.74) is 3.34. The molecule has 0 aliphatic heterocycles. The largest absolute Gasteiger partial charge is 0.448 e. The molecule has 0 aliphatic carbocycles. The molecule has 0 atom stereocenters. The van der Waals surface area contributed by atoms with Crippen molar-refractivity contribution in [2.45, 2.75) is 13.8 Å². The molecule has 20 heavy (non-hydrogen) atoms. The second kappa shape index (κ2) is 10.2. The SMILES string of the molecule is CCOC(=O)NOC(=O)/C=C\C(=O)ONC(=O)OCC. The first-order chi connectivity index (χ1) is 9.49. The third kappa shape index (κ3) is 9.27. The lowest BCUT2D eigenvalue weighted by Gasteiger charge is -2.03. The van der Waals surface area contributed by atoms with Crippen LogP contribution in [0.25, 0.3) is 0 Å². The predicted molar refractivity (Wildman–Crippen MR) is 61.6 cm³/mol. The Kier molecular flexibility index (Phi) is 8.76. The first-order valence-electron chi connectivity index (χ1n) is 5.44. The monoisotopic (exact) mass is 290 g/mol. The number of amides is 2. The molecule has 0 radical (unpaired) electrons. The summed E-state index contributed by atoms with van der Waals surface area (Å²) in [6.45, 7) is 3.33. The summed E-state index contributed by atoms with van der Waals surface area (Å²) in [5.74, 6) is -2.10. The molecule has 0 aromatic carbocycles. The van der Waals surface area contributed by atoms with Gasteiger partial charge in [-0.25, -0.2) is 19.2 Å². The van der Waals surface area contributed by atoms with Crippen molar-refractivity contribution in [1.82, 2.24) is 11.0 Å². The highest BCUT2D eigenvalue weighted by Gasteiger charge is 2.06. The van der Waals surface area contributed by atoms with Gasteiger partial charge in [0.2, 0.25) is 0 Å². The molecule has 0 aliphatic rings. The van der Waals surface area contributed by atoms with Gasteiger partial charge in [0, 0.05) is 12.2 Å². The molecule has 112 valence electrons. The van der Waals surface area contributed by atoms with Crippen molar-refractivity contribution in [3.63, 3.8) is 0 Å². The number of ether oxygens (including phenoxy) is 2. The van der Waals surface area contributed by atoms with Crippen molar-refractivity contribution >= 4 is 24.1 Å². The molecule has 0 saturated carbocycles. The van der Waals surface area contributed by atoms with Crippen molar-refractivity contribution in [2.75, 3.05) is 13.2 Å². The van der Waals surface area contributed by atoms with Gasteiger partial charge in [0.15, 0.2) is 0 Å². The third-order valence-electron chi connectivity index (χ3n) is 1.38. The Labute approximate surface area is 113 Å². The normalized spacial score (nSPS) is 9.50. The summed E-state index contributed by atoms with van der Waals surface area (Å²) in [6, 6.07) is 0. The zero-order chi connectivity index (χ0) is 15.4. The molecule has 0 rings (SSSR count). The number of nitrogens with one attached hydrogen (secondary N) is 2. The number of carbonyl (C=O) groups is 4. The summed E-state index contributed by atoms with van der Waals surface area (Å²) in [4.78, 5) is 51.9. The van der Waals surface area contributed by atoms with E-state index in [9.17, 15) is 19.2 Å². The Balaban J connectivity index is 3.91. The van der Waals surface area contributed by atoms with E-state index in [4.69, 9.17) is 0 Å². The molecule has 0 heterocycles. The Bertz CT molecular complexity index is 357. The summed E-state index contributed by atoms with van der Waals surface area (Å²) < 4.78 is 8.80. The van der Waals surface area contributed by atoms with Crippen molar-refractivity contribution < 1.29 is 38.3 Å². The molecule has 10 heteroatoms. The van der Waals surface area contributed by atoms with Crippen molar-refractivity contribution in [3.8, 4) is 0 Å². The summed E-state index contributed by atoms with van der Waals surface area (Å²) in [7, 11) is 0. The third-order valence-corrected chi connectivity index (χ3v) is 1.38. The van der Waals surface area contributed by atoms with E-state index in [0.29, 0.717) is 12.2 Å². The van der Waals surface area contributed by atoms with Gasteiger partial charge in [-0.15, -0.1) is 11.0 Å². The van der Waals surface area contributed by atoms with Crippen LogP contribution in [0.5, 0.6) is 0 Å². The summed E-state index contributed by atoms with van der Waals surface area (Å²) >= 11 is 0. The van der Waals surface area contributed by atoms with Gasteiger partial charge in [-0.3, -0.25) is 0 Å². The van der Waals surface area contributed by atoms with Gasteiger partial charge in [0.1, 0.15) is 0 Å². The van der Waals surface area contributed by atoms with E-state index in [0.717, 1.165) is 0 Å². The van der Waals surface area contributed by atoms with E-state index in [1.54, 1.807) is 24.8 Å². The van der Waals surface area contributed by atoms with Gasteiger partial charge in [-0.1, -0.05) is 0 Å². The second-order valence-corrected chi connectivity index (χ2v) is 2.82. The van der Waals surface area contributed by atoms with Crippen LogP contribution in [0.3, 0.4) is 0 Å². The van der Waals surface area contributed by atoms with Crippen LogP contribution in [0.2, 0.25) is 0 Å². The second-order valence-electron chi connectivity index (χ2n) is 2.82. The molecular formula is C10H14N2O8. The maximum atomic E-state index is 11.0. The number of hydroxylamine groups is 2. The van der Waals surface area contributed by atoms with Crippen molar-refractivity contribution in [3.05, 3.63) is 12.2 Å². The van der Waals surface area contributed by atoms with Crippen LogP contribution < -0.4 is 11.0 Å². The Morgan fingerprint density at radius 3 is 1.45 bits per heavy atom. The molecule has 10 nitrogen and oxygen atoms in total. The van der Waals surface area contributed by atoms with Crippen LogP contribution in [-0.2, 0) is 28.7 Å². The van der Waals surface area contributed by atoms with Crippen molar-refractivity contribution in [1.29, 1.82) is 0 Å². The predicted octanol–water partition coefficient (Wildman–Crippen LogP) is -0.0488. The van der Waals surface area contributed by atoms with Crippen molar-refractivity contribution in [2.24, 2.45) is 0 Å². The number of hydrogen-bond donors (Lipinski definition) is 2. The van der Waals surface area contributed by atoms with Gasteiger partial charge in [-0.05, 0) is 13.8 Å². The maximum Gasteiger partial charge on any atom is 0.440 e. The zero-order valence-corrected chi connectivity index (χ0v) is 10.8. The van der Waals surface area contributed by atoms with Crippen LogP contribution in [0.1, 0.15) is 13.8 Å². The average Bonchev–Trinajstić information content (AvgIpc) is 2.41. The Morgan fingerprint density at radius 2 is 1.15 bits per heavy atom. The Hall–Kier alpha value is -2.78. The fraction of sp³-hybridized carbons (Fsp3) is 0.400. The van der Waals surface area contributed by atoms with Gasteiger partial charge >= 0.3 is 24.1 Å². The van der Waals surface area contributed by atoms with Gasteiger partial charge in [-0.2, -0.15) is 0 Å². The van der Waals surface area contributed by atoms with E-state index in [1.165, 1.54) is 0 Å². The smallest absolute Gasteiger partial charge is 0.440 e. The van der Waals surface area contributed by atoms with E-state index in [-0.39, 0.29) is 13.2 Å². The Morgan fingerprint density at radius 1 is 0.800 bits per heavy atom. The molecule has 0 saturated heterocycles. The lowest BCUT2D eigenvalue weighted by Crippen LogP contribution is -2.28. The summed E-state index contributed by atoms with van der Waals surface area (Å²) in [6.07, 6.45) is -0.579. The van der Waals surface area contributed by atoms with Crippen LogP contribution in [0.4, 0.5) is 9.59 Å². The molecule has 0 bridgehead atoms. The molecule has 0 fully saturated rings. The standard InChI is InChI=1S/C10H14N2O8/c1-3-17-9(15)11-19-7(13)5-6-8(14)20-12-10(16)18-4-2/h5-6H,3-4H2,1-2H3,(H,11,15)(H,12,16)/b6-5-. The van der Waals surface area contributed by atoms with Gasteiger partial charge in [0.25, 0.3) is 0 Å². The topological polar surface area (TPSA) is 129 Å². The molecule has 0 aromatic heterocycles. The lowest BCUT2D eigenvalue weighted by molar-refractivity contribution is -0.146. The fourth-order valence-corrected chi connectivity index (χ4v) is 0.709. The number of hydrogen-bond acceptors (Lipinski definition) is 8. The fourth-order valence-electron chi connectivity index (χ4n) is 0.709. The van der Waals surface area contributed by atoms with Gasteiger partial charge < -0.3 is 19.1 Å². The van der Waals surface area contributed by atoms with E-state index in [1.807, 2.05) is 0 Å². The van der Waals surface area contributed by atoms with Crippen LogP contribution in [0, 0.1) is 0 Å². The molecule has 2 amide bonds. The number of carbonyl (C=O) groups excluding carboxylic acids is 4.